The van der Waals surface area contributed by atoms with Gasteiger partial charge in [-0.1, -0.05) is 6.92 Å². The van der Waals surface area contributed by atoms with E-state index in [2.05, 4.69) is 10.1 Å². The lowest BCUT2D eigenvalue weighted by Crippen LogP contribution is -2.01. The van der Waals surface area contributed by atoms with E-state index in [1.54, 1.807) is 16.8 Å². The van der Waals surface area contributed by atoms with Crippen LogP contribution in [0.3, 0.4) is 0 Å². The summed E-state index contributed by atoms with van der Waals surface area (Å²) < 4.78 is 14.8. The second kappa shape index (κ2) is 3.25. The lowest BCUT2D eigenvalue weighted by Gasteiger charge is -1.99. The van der Waals surface area contributed by atoms with Crippen molar-refractivity contribution in [3.63, 3.8) is 0 Å². The lowest BCUT2D eigenvalue weighted by atomic mass is 10.3. The van der Waals surface area contributed by atoms with E-state index in [0.29, 0.717) is 23.4 Å². The van der Waals surface area contributed by atoms with Gasteiger partial charge >= 0.3 is 0 Å². The maximum Gasteiger partial charge on any atom is 0.242 e. The summed E-state index contributed by atoms with van der Waals surface area (Å²) in [6, 6.07) is 3.18. The van der Waals surface area contributed by atoms with Gasteiger partial charge in [-0.25, -0.2) is 9.67 Å². The van der Waals surface area contributed by atoms with Gasteiger partial charge in [-0.3, -0.25) is 0 Å². The van der Waals surface area contributed by atoms with Gasteiger partial charge in [-0.05, 0) is 18.6 Å². The number of aromatic nitrogens is 3. The average molecular weight is 194 g/mol. The molecule has 0 radical (unpaired) electrons. The highest BCUT2D eigenvalue weighted by Gasteiger charge is 2.10. The molecule has 0 saturated carbocycles. The molecule has 0 aliphatic heterocycles. The van der Waals surface area contributed by atoms with E-state index in [9.17, 15) is 4.39 Å². The zero-order valence-corrected chi connectivity index (χ0v) is 7.87. The number of pyridine rings is 1. The van der Waals surface area contributed by atoms with E-state index < -0.39 is 5.95 Å². The molecular weight excluding hydrogens is 183 g/mol. The number of nitrogens with zero attached hydrogens (tertiary/aromatic N) is 3. The summed E-state index contributed by atoms with van der Waals surface area (Å²) in [5.74, 6) is -0.101. The van der Waals surface area contributed by atoms with Crippen molar-refractivity contribution >= 4 is 16.9 Å². The van der Waals surface area contributed by atoms with E-state index in [1.165, 1.54) is 0 Å². The Kier molecular flexibility index (Phi) is 2.07. The minimum Gasteiger partial charge on any atom is -0.384 e. The van der Waals surface area contributed by atoms with Crippen LogP contribution in [0.25, 0.3) is 11.0 Å². The first-order valence-corrected chi connectivity index (χ1v) is 4.51. The Balaban J connectivity index is 2.66. The molecule has 0 aliphatic carbocycles. The predicted octanol–water partition coefficient (Wildman–Crippen LogP) is 1.56. The summed E-state index contributed by atoms with van der Waals surface area (Å²) >= 11 is 0. The normalized spacial score (nSPS) is 11.0. The molecule has 0 atom stereocenters. The number of aryl methyl sites for hydroxylation is 1. The SMILES string of the molecule is CCCn1nc(F)c2ccc(N)nc21. The first-order valence-electron chi connectivity index (χ1n) is 4.51. The number of rotatable bonds is 2. The molecular formula is C9H11FN4. The number of hydrogen-bond acceptors (Lipinski definition) is 3. The highest BCUT2D eigenvalue weighted by Crippen LogP contribution is 2.16. The molecule has 2 aromatic heterocycles. The van der Waals surface area contributed by atoms with Gasteiger partial charge in [0, 0.05) is 6.54 Å². The van der Waals surface area contributed by atoms with Crippen molar-refractivity contribution in [2.45, 2.75) is 19.9 Å². The molecule has 2 aromatic rings. The molecule has 0 aliphatic rings. The van der Waals surface area contributed by atoms with Crippen molar-refractivity contribution < 1.29 is 4.39 Å². The van der Waals surface area contributed by atoms with Gasteiger partial charge in [0.05, 0.1) is 5.39 Å². The highest BCUT2D eigenvalue weighted by molar-refractivity contribution is 5.76. The largest absolute Gasteiger partial charge is 0.384 e. The summed E-state index contributed by atoms with van der Waals surface area (Å²) in [7, 11) is 0. The molecule has 0 amide bonds. The van der Waals surface area contributed by atoms with Crippen LogP contribution in [0.1, 0.15) is 13.3 Å². The van der Waals surface area contributed by atoms with Gasteiger partial charge in [-0.15, -0.1) is 5.10 Å². The highest BCUT2D eigenvalue weighted by atomic mass is 19.1. The number of halogens is 1. The Morgan fingerprint density at radius 2 is 2.29 bits per heavy atom. The van der Waals surface area contributed by atoms with Crippen LogP contribution < -0.4 is 5.73 Å². The molecule has 4 nitrogen and oxygen atoms in total. The molecule has 0 unspecified atom stereocenters. The molecule has 2 heterocycles. The van der Waals surface area contributed by atoms with E-state index in [0.717, 1.165) is 6.42 Å². The fraction of sp³-hybridized carbons (Fsp3) is 0.333. The molecule has 0 fully saturated rings. The maximum atomic E-state index is 13.2. The molecule has 2 rings (SSSR count). The average Bonchev–Trinajstić information content (AvgIpc) is 2.44. The van der Waals surface area contributed by atoms with Crippen LogP contribution in [-0.2, 0) is 6.54 Å². The third-order valence-corrected chi connectivity index (χ3v) is 2.01. The van der Waals surface area contributed by atoms with Crippen LogP contribution in [0.2, 0.25) is 0 Å². The van der Waals surface area contributed by atoms with Crippen molar-refractivity contribution in [3.05, 3.63) is 18.1 Å². The third-order valence-electron chi connectivity index (χ3n) is 2.01. The van der Waals surface area contributed by atoms with Gasteiger partial charge in [0.15, 0.2) is 5.65 Å². The lowest BCUT2D eigenvalue weighted by molar-refractivity contribution is 0.526. The maximum absolute atomic E-state index is 13.2. The molecule has 0 spiro atoms. The molecule has 0 bridgehead atoms. The van der Waals surface area contributed by atoms with Crippen LogP contribution in [0, 0.1) is 5.95 Å². The van der Waals surface area contributed by atoms with Crippen molar-refractivity contribution in [1.29, 1.82) is 0 Å². The number of fused-ring (bicyclic) bond motifs is 1. The fourth-order valence-corrected chi connectivity index (χ4v) is 1.40. The Morgan fingerprint density at radius 1 is 1.50 bits per heavy atom. The zero-order valence-electron chi connectivity index (χ0n) is 7.87. The number of nitrogen functional groups attached to an aromatic ring is 1. The van der Waals surface area contributed by atoms with Crippen LogP contribution in [0.5, 0.6) is 0 Å². The summed E-state index contributed by atoms with van der Waals surface area (Å²) in [5, 5.41) is 4.18. The summed E-state index contributed by atoms with van der Waals surface area (Å²) in [4.78, 5) is 4.05. The summed E-state index contributed by atoms with van der Waals surface area (Å²) in [6.45, 7) is 2.65. The second-order valence-corrected chi connectivity index (χ2v) is 3.12. The quantitative estimate of drug-likeness (QED) is 0.789. The van der Waals surface area contributed by atoms with Gasteiger partial charge in [0.25, 0.3) is 0 Å². The first kappa shape index (κ1) is 8.93. The van der Waals surface area contributed by atoms with Gasteiger partial charge in [0.2, 0.25) is 5.95 Å². The molecule has 5 heteroatoms. The Morgan fingerprint density at radius 3 is 3.00 bits per heavy atom. The van der Waals surface area contributed by atoms with E-state index in [1.807, 2.05) is 6.92 Å². The van der Waals surface area contributed by atoms with Crippen LogP contribution in [0.15, 0.2) is 12.1 Å². The topological polar surface area (TPSA) is 56.7 Å². The van der Waals surface area contributed by atoms with Crippen molar-refractivity contribution in [3.8, 4) is 0 Å². The molecule has 14 heavy (non-hydrogen) atoms. The van der Waals surface area contributed by atoms with E-state index in [-0.39, 0.29) is 0 Å². The van der Waals surface area contributed by atoms with Crippen LogP contribution in [0.4, 0.5) is 10.2 Å². The molecule has 0 saturated heterocycles. The van der Waals surface area contributed by atoms with Crippen LogP contribution in [-0.4, -0.2) is 14.8 Å². The molecule has 74 valence electrons. The third kappa shape index (κ3) is 1.30. The number of hydrogen-bond donors (Lipinski definition) is 1. The fourth-order valence-electron chi connectivity index (χ4n) is 1.40. The number of anilines is 1. The standard InChI is InChI=1S/C9H11FN4/c1-2-5-14-9-6(8(10)13-14)3-4-7(11)12-9/h3-4H,2,5H2,1H3,(H2,11,12). The van der Waals surface area contributed by atoms with Crippen molar-refractivity contribution in [1.82, 2.24) is 14.8 Å². The summed E-state index contributed by atoms with van der Waals surface area (Å²) in [5.41, 5.74) is 6.04. The Labute approximate surface area is 80.5 Å². The smallest absolute Gasteiger partial charge is 0.242 e. The minimum atomic E-state index is -0.485. The Hall–Kier alpha value is -1.65. The zero-order chi connectivity index (χ0) is 10.1. The van der Waals surface area contributed by atoms with E-state index in [4.69, 9.17) is 5.73 Å². The van der Waals surface area contributed by atoms with Crippen LogP contribution >= 0.6 is 0 Å². The first-order chi connectivity index (χ1) is 6.72. The van der Waals surface area contributed by atoms with Crippen molar-refractivity contribution in [2.24, 2.45) is 0 Å². The van der Waals surface area contributed by atoms with Gasteiger partial charge < -0.3 is 5.73 Å². The second-order valence-electron chi connectivity index (χ2n) is 3.12. The summed E-state index contributed by atoms with van der Waals surface area (Å²) in [6.07, 6.45) is 0.882. The predicted molar refractivity (Wildman–Crippen MR) is 52.2 cm³/mol. The molecule has 2 N–H and O–H groups in total. The Bertz CT molecular complexity index is 463. The van der Waals surface area contributed by atoms with Crippen molar-refractivity contribution in [2.75, 3.05) is 5.73 Å². The monoisotopic (exact) mass is 194 g/mol. The number of nitrogens with two attached hydrogens (primary N) is 1. The van der Waals surface area contributed by atoms with E-state index >= 15 is 0 Å². The van der Waals surface area contributed by atoms with Gasteiger partial charge in [-0.2, -0.15) is 4.39 Å². The minimum absolute atomic E-state index is 0.384. The van der Waals surface area contributed by atoms with Gasteiger partial charge in [0.1, 0.15) is 5.82 Å². The molecule has 0 aromatic carbocycles.